The standard InChI is InChI=1S/C16H20N2O2/c1-12(19)14-8-6-10-17-16(14)18(2)11-13-7-4-5-9-15(13)20-3/h4-10,12,19H,11H2,1-3H3/t12-/m0/s1. The maximum Gasteiger partial charge on any atom is 0.134 e. The normalized spacial score (nSPS) is 12.0. The van der Waals surface area contributed by atoms with Crippen molar-refractivity contribution in [1.29, 1.82) is 0 Å². The van der Waals surface area contributed by atoms with E-state index in [2.05, 4.69) is 4.98 Å². The van der Waals surface area contributed by atoms with Crippen LogP contribution in [-0.4, -0.2) is 24.2 Å². The first kappa shape index (κ1) is 14.3. The van der Waals surface area contributed by atoms with Gasteiger partial charge in [0.2, 0.25) is 0 Å². The Kier molecular flexibility index (Phi) is 4.58. The van der Waals surface area contributed by atoms with Crippen LogP contribution in [0.4, 0.5) is 5.82 Å². The van der Waals surface area contributed by atoms with Crippen molar-refractivity contribution in [2.45, 2.75) is 19.6 Å². The molecule has 2 rings (SSSR count). The van der Waals surface area contributed by atoms with Crippen LogP contribution in [0.1, 0.15) is 24.2 Å². The average Bonchev–Trinajstić information content (AvgIpc) is 2.47. The van der Waals surface area contributed by atoms with Gasteiger partial charge in [-0.05, 0) is 19.1 Å². The minimum Gasteiger partial charge on any atom is -0.496 e. The van der Waals surface area contributed by atoms with Gasteiger partial charge in [-0.15, -0.1) is 0 Å². The number of ether oxygens (including phenoxy) is 1. The van der Waals surface area contributed by atoms with E-state index in [-0.39, 0.29) is 0 Å². The van der Waals surface area contributed by atoms with Crippen LogP contribution in [0.2, 0.25) is 0 Å². The topological polar surface area (TPSA) is 45.6 Å². The van der Waals surface area contributed by atoms with Gasteiger partial charge >= 0.3 is 0 Å². The van der Waals surface area contributed by atoms with E-state index in [0.29, 0.717) is 6.54 Å². The molecule has 0 aliphatic carbocycles. The summed E-state index contributed by atoms with van der Waals surface area (Å²) in [5.74, 6) is 1.64. The van der Waals surface area contributed by atoms with E-state index in [4.69, 9.17) is 4.74 Å². The first-order valence-electron chi connectivity index (χ1n) is 6.59. The Labute approximate surface area is 119 Å². The van der Waals surface area contributed by atoms with Gasteiger partial charge in [-0.3, -0.25) is 0 Å². The number of aliphatic hydroxyl groups excluding tert-OH is 1. The van der Waals surface area contributed by atoms with Crippen molar-refractivity contribution in [3.05, 3.63) is 53.7 Å². The number of methoxy groups -OCH3 is 1. The van der Waals surface area contributed by atoms with Gasteiger partial charge in [0.15, 0.2) is 0 Å². The molecule has 0 saturated carbocycles. The van der Waals surface area contributed by atoms with E-state index in [1.165, 1.54) is 0 Å². The summed E-state index contributed by atoms with van der Waals surface area (Å²) < 4.78 is 5.36. The summed E-state index contributed by atoms with van der Waals surface area (Å²) >= 11 is 0. The molecule has 0 aliphatic rings. The van der Waals surface area contributed by atoms with Gasteiger partial charge in [0.25, 0.3) is 0 Å². The van der Waals surface area contributed by atoms with Gasteiger partial charge in [0, 0.05) is 30.9 Å². The lowest BCUT2D eigenvalue weighted by Crippen LogP contribution is -2.20. The summed E-state index contributed by atoms with van der Waals surface area (Å²) in [5, 5.41) is 9.83. The Hall–Kier alpha value is -2.07. The van der Waals surface area contributed by atoms with Gasteiger partial charge in [-0.1, -0.05) is 24.3 Å². The van der Waals surface area contributed by atoms with Gasteiger partial charge < -0.3 is 14.7 Å². The quantitative estimate of drug-likeness (QED) is 0.909. The second-order valence-electron chi connectivity index (χ2n) is 4.76. The molecule has 1 aromatic heterocycles. The molecule has 20 heavy (non-hydrogen) atoms. The highest BCUT2D eigenvalue weighted by molar-refractivity contribution is 5.48. The van der Waals surface area contributed by atoms with Crippen LogP contribution in [0.3, 0.4) is 0 Å². The van der Waals surface area contributed by atoms with E-state index in [0.717, 1.165) is 22.7 Å². The van der Waals surface area contributed by atoms with Gasteiger partial charge in [0.05, 0.1) is 13.2 Å². The minimum atomic E-state index is -0.543. The third-order valence-electron chi connectivity index (χ3n) is 3.23. The van der Waals surface area contributed by atoms with Crippen LogP contribution in [0.5, 0.6) is 5.75 Å². The number of aliphatic hydroxyl groups is 1. The van der Waals surface area contributed by atoms with Crippen molar-refractivity contribution in [3.63, 3.8) is 0 Å². The number of pyridine rings is 1. The van der Waals surface area contributed by atoms with Crippen LogP contribution in [0.25, 0.3) is 0 Å². The average molecular weight is 272 g/mol. The molecule has 1 N–H and O–H groups in total. The second kappa shape index (κ2) is 6.39. The SMILES string of the molecule is COc1ccccc1CN(C)c1ncccc1[C@H](C)O. The summed E-state index contributed by atoms with van der Waals surface area (Å²) in [7, 11) is 3.63. The van der Waals surface area contributed by atoms with Crippen LogP contribution < -0.4 is 9.64 Å². The van der Waals surface area contributed by atoms with Crippen molar-refractivity contribution >= 4 is 5.82 Å². The number of hydrogen-bond donors (Lipinski definition) is 1. The molecule has 4 nitrogen and oxygen atoms in total. The van der Waals surface area contributed by atoms with Crippen molar-refractivity contribution < 1.29 is 9.84 Å². The van der Waals surface area contributed by atoms with Crippen molar-refractivity contribution in [3.8, 4) is 5.75 Å². The summed E-state index contributed by atoms with van der Waals surface area (Å²) in [6.45, 7) is 2.41. The Morgan fingerprint density at radius 1 is 1.25 bits per heavy atom. The number of benzene rings is 1. The molecule has 4 heteroatoms. The lowest BCUT2D eigenvalue weighted by atomic mass is 10.1. The van der Waals surface area contributed by atoms with E-state index in [1.807, 2.05) is 48.3 Å². The third kappa shape index (κ3) is 3.08. The molecule has 0 amide bonds. The third-order valence-corrected chi connectivity index (χ3v) is 3.23. The monoisotopic (exact) mass is 272 g/mol. The van der Waals surface area contributed by atoms with Gasteiger partial charge in [-0.25, -0.2) is 4.98 Å². The van der Waals surface area contributed by atoms with Crippen LogP contribution in [0, 0.1) is 0 Å². The maximum absolute atomic E-state index is 9.83. The Morgan fingerprint density at radius 3 is 2.70 bits per heavy atom. The lowest BCUT2D eigenvalue weighted by Gasteiger charge is -2.23. The molecule has 0 saturated heterocycles. The summed E-state index contributed by atoms with van der Waals surface area (Å²) in [5.41, 5.74) is 1.91. The fourth-order valence-corrected chi connectivity index (χ4v) is 2.22. The van der Waals surface area contributed by atoms with Gasteiger partial charge in [-0.2, -0.15) is 0 Å². The first-order valence-corrected chi connectivity index (χ1v) is 6.59. The number of rotatable bonds is 5. The number of anilines is 1. The van der Waals surface area contributed by atoms with Crippen molar-refractivity contribution in [2.24, 2.45) is 0 Å². The van der Waals surface area contributed by atoms with Crippen LogP contribution in [-0.2, 0) is 6.54 Å². The molecule has 0 fully saturated rings. The smallest absolute Gasteiger partial charge is 0.134 e. The summed E-state index contributed by atoms with van der Waals surface area (Å²) in [6, 6.07) is 11.6. The molecule has 0 radical (unpaired) electrons. The maximum atomic E-state index is 9.83. The van der Waals surface area contributed by atoms with Crippen molar-refractivity contribution in [2.75, 3.05) is 19.1 Å². The number of nitrogens with zero attached hydrogens (tertiary/aromatic N) is 2. The zero-order valence-electron chi connectivity index (χ0n) is 12.1. The highest BCUT2D eigenvalue weighted by Gasteiger charge is 2.14. The van der Waals surface area contributed by atoms with Crippen molar-refractivity contribution in [1.82, 2.24) is 4.98 Å². The summed E-state index contributed by atoms with van der Waals surface area (Å²) in [4.78, 5) is 6.39. The molecule has 1 heterocycles. The number of aromatic nitrogens is 1. The molecule has 0 bridgehead atoms. The summed E-state index contributed by atoms with van der Waals surface area (Å²) in [6.07, 6.45) is 1.19. The molecule has 1 atom stereocenters. The predicted molar refractivity (Wildman–Crippen MR) is 80.0 cm³/mol. The van der Waals surface area contributed by atoms with E-state index < -0.39 is 6.10 Å². The zero-order valence-corrected chi connectivity index (χ0v) is 12.1. The second-order valence-corrected chi connectivity index (χ2v) is 4.76. The zero-order chi connectivity index (χ0) is 14.5. The molecular weight excluding hydrogens is 252 g/mol. The molecule has 2 aromatic rings. The lowest BCUT2D eigenvalue weighted by molar-refractivity contribution is 0.199. The van der Waals surface area contributed by atoms with Crippen LogP contribution >= 0.6 is 0 Å². The molecule has 0 spiro atoms. The largest absolute Gasteiger partial charge is 0.496 e. The van der Waals surface area contributed by atoms with E-state index in [1.54, 1.807) is 20.2 Å². The number of para-hydroxylation sites is 1. The fourth-order valence-electron chi connectivity index (χ4n) is 2.22. The highest BCUT2D eigenvalue weighted by Crippen LogP contribution is 2.26. The van der Waals surface area contributed by atoms with E-state index in [9.17, 15) is 5.11 Å². The highest BCUT2D eigenvalue weighted by atomic mass is 16.5. The predicted octanol–water partition coefficient (Wildman–Crippen LogP) is 2.78. The minimum absolute atomic E-state index is 0.543. The van der Waals surface area contributed by atoms with Gasteiger partial charge in [0.1, 0.15) is 11.6 Å². The van der Waals surface area contributed by atoms with E-state index >= 15 is 0 Å². The van der Waals surface area contributed by atoms with Crippen LogP contribution in [0.15, 0.2) is 42.6 Å². The fraction of sp³-hybridized carbons (Fsp3) is 0.312. The molecule has 0 aliphatic heterocycles. The molecular formula is C16H20N2O2. The first-order chi connectivity index (χ1) is 9.63. The molecule has 0 unspecified atom stereocenters. The Bertz CT molecular complexity index is 570. The number of hydrogen-bond acceptors (Lipinski definition) is 4. The Balaban J connectivity index is 2.26. The molecule has 106 valence electrons. The Morgan fingerprint density at radius 2 is 2.00 bits per heavy atom. The molecule has 1 aromatic carbocycles.